The zero-order chi connectivity index (χ0) is 23.5. The van der Waals surface area contributed by atoms with Gasteiger partial charge in [0.2, 0.25) is 15.9 Å². The zero-order valence-corrected chi connectivity index (χ0v) is 20.1. The summed E-state index contributed by atoms with van der Waals surface area (Å²) in [5, 5.41) is 3.40. The molecule has 2 aromatic rings. The van der Waals surface area contributed by atoms with Crippen molar-refractivity contribution in [3.63, 3.8) is 0 Å². The number of hydrogen-bond donors (Lipinski definition) is 1. The number of sulfonamides is 1. The Morgan fingerprint density at radius 1 is 1.16 bits per heavy atom. The lowest BCUT2D eigenvalue weighted by Gasteiger charge is -2.31. The molecule has 0 bridgehead atoms. The first-order valence-corrected chi connectivity index (χ1v) is 12.4. The predicted molar refractivity (Wildman–Crippen MR) is 125 cm³/mol. The number of carbonyl (C=O) groups excluding carboxylic acids is 2. The Morgan fingerprint density at radius 2 is 1.81 bits per heavy atom. The van der Waals surface area contributed by atoms with Gasteiger partial charge in [-0.25, -0.2) is 17.5 Å². The summed E-state index contributed by atoms with van der Waals surface area (Å²) in [7, 11) is -2.44. The van der Waals surface area contributed by atoms with Crippen LogP contribution in [0.2, 0.25) is 10.0 Å². The van der Waals surface area contributed by atoms with Crippen molar-refractivity contribution in [1.82, 2.24) is 4.31 Å². The molecule has 7 nitrogen and oxygen atoms in total. The number of rotatable bonds is 6. The second-order valence-corrected chi connectivity index (χ2v) is 10.4. The molecule has 0 unspecified atom stereocenters. The number of nitrogens with one attached hydrogen (secondary N) is 1. The SMILES string of the molecule is COC(=O)c1cccc(NC(=O)[C@H]2CCCN(S(=O)(=O)Cc3c(Cl)cccc3Cl)C2)c1C. The quantitative estimate of drug-likeness (QED) is 0.600. The normalized spacial score (nSPS) is 17.1. The summed E-state index contributed by atoms with van der Waals surface area (Å²) < 4.78 is 32.1. The van der Waals surface area contributed by atoms with E-state index in [0.29, 0.717) is 41.8 Å². The van der Waals surface area contributed by atoms with E-state index in [2.05, 4.69) is 5.32 Å². The average Bonchev–Trinajstić information content (AvgIpc) is 2.77. The highest BCUT2D eigenvalue weighted by molar-refractivity contribution is 7.88. The van der Waals surface area contributed by atoms with Gasteiger partial charge in [-0.3, -0.25) is 4.79 Å². The molecule has 0 saturated carbocycles. The van der Waals surface area contributed by atoms with E-state index in [1.54, 1.807) is 43.3 Å². The number of nitrogens with zero attached hydrogens (tertiary/aromatic N) is 1. The maximum absolute atomic E-state index is 13.0. The minimum Gasteiger partial charge on any atom is -0.465 e. The summed E-state index contributed by atoms with van der Waals surface area (Å²) in [4.78, 5) is 24.8. The number of amides is 1. The van der Waals surface area contributed by atoms with Crippen LogP contribution in [-0.4, -0.2) is 44.8 Å². The van der Waals surface area contributed by atoms with Gasteiger partial charge >= 0.3 is 5.97 Å². The molecule has 0 spiro atoms. The van der Waals surface area contributed by atoms with Gasteiger partial charge in [0.1, 0.15) is 0 Å². The molecule has 1 amide bonds. The number of carbonyl (C=O) groups is 2. The van der Waals surface area contributed by atoms with Crippen molar-refractivity contribution in [3.8, 4) is 0 Å². The number of halogens is 2. The maximum Gasteiger partial charge on any atom is 0.338 e. The van der Waals surface area contributed by atoms with E-state index in [0.717, 1.165) is 0 Å². The summed E-state index contributed by atoms with van der Waals surface area (Å²) in [6.45, 7) is 2.10. The molecule has 1 heterocycles. The van der Waals surface area contributed by atoms with E-state index in [9.17, 15) is 18.0 Å². The minimum atomic E-state index is -3.73. The number of esters is 1. The highest BCUT2D eigenvalue weighted by Gasteiger charge is 2.33. The van der Waals surface area contributed by atoms with Gasteiger partial charge in [-0.05, 0) is 49.6 Å². The summed E-state index contributed by atoms with van der Waals surface area (Å²) in [6.07, 6.45) is 1.11. The molecule has 172 valence electrons. The van der Waals surface area contributed by atoms with E-state index in [4.69, 9.17) is 27.9 Å². The van der Waals surface area contributed by atoms with Crippen LogP contribution < -0.4 is 5.32 Å². The van der Waals surface area contributed by atoms with E-state index in [1.165, 1.54) is 11.4 Å². The fourth-order valence-corrected chi connectivity index (χ4v) is 6.05. The lowest BCUT2D eigenvalue weighted by molar-refractivity contribution is -0.120. The summed E-state index contributed by atoms with van der Waals surface area (Å²) in [6, 6.07) is 9.80. The third-order valence-electron chi connectivity index (χ3n) is 5.53. The van der Waals surface area contributed by atoms with Gasteiger partial charge in [0.25, 0.3) is 0 Å². The number of hydrogen-bond acceptors (Lipinski definition) is 5. The molecule has 1 aliphatic rings. The number of ether oxygens (including phenoxy) is 1. The van der Waals surface area contributed by atoms with Crippen LogP contribution in [0.15, 0.2) is 36.4 Å². The van der Waals surface area contributed by atoms with Gasteiger partial charge in [0, 0.05) is 34.4 Å². The topological polar surface area (TPSA) is 92.8 Å². The van der Waals surface area contributed by atoms with Crippen LogP contribution in [-0.2, 0) is 25.3 Å². The van der Waals surface area contributed by atoms with E-state index in [-0.39, 0.29) is 28.3 Å². The van der Waals surface area contributed by atoms with Crippen LogP contribution in [0.1, 0.15) is 34.3 Å². The molecule has 1 saturated heterocycles. The summed E-state index contributed by atoms with van der Waals surface area (Å²) in [5.41, 5.74) is 1.77. The Balaban J connectivity index is 1.73. The molecule has 10 heteroatoms. The highest BCUT2D eigenvalue weighted by Crippen LogP contribution is 2.29. The molecule has 3 rings (SSSR count). The summed E-state index contributed by atoms with van der Waals surface area (Å²) in [5.74, 6) is -1.65. The number of benzene rings is 2. The van der Waals surface area contributed by atoms with Crippen molar-refractivity contribution in [2.24, 2.45) is 5.92 Å². The Kier molecular flexibility index (Phi) is 7.82. The number of methoxy groups -OCH3 is 1. The molecular weight excluding hydrogens is 475 g/mol. The highest BCUT2D eigenvalue weighted by atomic mass is 35.5. The van der Waals surface area contributed by atoms with Gasteiger partial charge in [0.05, 0.1) is 24.3 Å². The molecule has 0 aliphatic carbocycles. The smallest absolute Gasteiger partial charge is 0.338 e. The average molecular weight is 499 g/mol. The second-order valence-electron chi connectivity index (χ2n) is 7.61. The summed E-state index contributed by atoms with van der Waals surface area (Å²) >= 11 is 12.3. The zero-order valence-electron chi connectivity index (χ0n) is 17.7. The monoisotopic (exact) mass is 498 g/mol. The molecule has 2 aromatic carbocycles. The predicted octanol–water partition coefficient (Wildman–Crippen LogP) is 4.27. The van der Waals surface area contributed by atoms with Gasteiger partial charge < -0.3 is 10.1 Å². The Bertz CT molecular complexity index is 1120. The standard InChI is InChI=1S/C22H24Cl2N2O5S/c1-14-16(22(28)31-2)7-3-10-20(14)25-21(27)15-6-5-11-26(12-15)32(29,30)13-17-18(23)8-4-9-19(17)24/h3-4,7-10,15H,5-6,11-13H2,1-2H3,(H,25,27)/t15-/m0/s1. The van der Waals surface area contributed by atoms with Crippen molar-refractivity contribution < 1.29 is 22.7 Å². The molecule has 1 fully saturated rings. The van der Waals surface area contributed by atoms with Crippen LogP contribution in [0.3, 0.4) is 0 Å². The van der Waals surface area contributed by atoms with E-state index >= 15 is 0 Å². The van der Waals surface area contributed by atoms with Gasteiger partial charge in [0.15, 0.2) is 0 Å². The first kappa shape index (κ1) is 24.5. The molecule has 1 atom stereocenters. The van der Waals surface area contributed by atoms with Crippen molar-refractivity contribution in [1.29, 1.82) is 0 Å². The van der Waals surface area contributed by atoms with E-state index in [1.807, 2.05) is 0 Å². The Morgan fingerprint density at radius 3 is 2.47 bits per heavy atom. The fourth-order valence-electron chi connectivity index (χ4n) is 3.69. The molecule has 0 aromatic heterocycles. The molecule has 32 heavy (non-hydrogen) atoms. The Hall–Kier alpha value is -2.13. The first-order chi connectivity index (χ1) is 15.1. The third kappa shape index (κ3) is 5.43. The molecule has 1 aliphatic heterocycles. The lowest BCUT2D eigenvalue weighted by atomic mass is 9.98. The van der Waals surface area contributed by atoms with Gasteiger partial charge in [-0.1, -0.05) is 35.3 Å². The molecule has 1 N–H and O–H groups in total. The Labute approximate surface area is 197 Å². The van der Waals surface area contributed by atoms with Crippen LogP contribution in [0.25, 0.3) is 0 Å². The molecule has 0 radical (unpaired) electrons. The largest absolute Gasteiger partial charge is 0.465 e. The van der Waals surface area contributed by atoms with Gasteiger partial charge in [-0.15, -0.1) is 0 Å². The van der Waals surface area contributed by atoms with Crippen LogP contribution in [0.4, 0.5) is 5.69 Å². The lowest BCUT2D eigenvalue weighted by Crippen LogP contribution is -2.44. The van der Waals surface area contributed by atoms with Crippen LogP contribution in [0, 0.1) is 12.8 Å². The minimum absolute atomic E-state index is 0.0615. The first-order valence-electron chi connectivity index (χ1n) is 10.0. The van der Waals surface area contributed by atoms with Crippen LogP contribution >= 0.6 is 23.2 Å². The number of anilines is 1. The second kappa shape index (κ2) is 10.2. The van der Waals surface area contributed by atoms with Crippen molar-refractivity contribution in [2.75, 3.05) is 25.5 Å². The van der Waals surface area contributed by atoms with Crippen LogP contribution in [0.5, 0.6) is 0 Å². The van der Waals surface area contributed by atoms with Crippen molar-refractivity contribution >= 4 is 50.8 Å². The third-order valence-corrected chi connectivity index (χ3v) is 8.01. The number of piperidine rings is 1. The van der Waals surface area contributed by atoms with Crippen molar-refractivity contribution in [2.45, 2.75) is 25.5 Å². The van der Waals surface area contributed by atoms with Crippen molar-refractivity contribution in [3.05, 3.63) is 63.1 Å². The fraction of sp³-hybridized carbons (Fsp3) is 0.364. The van der Waals surface area contributed by atoms with Gasteiger partial charge in [-0.2, -0.15) is 0 Å². The van der Waals surface area contributed by atoms with E-state index < -0.39 is 21.9 Å². The molecular formula is C22H24Cl2N2O5S. The maximum atomic E-state index is 13.0.